The number of fused-ring (bicyclic) bond motifs is 1. The van der Waals surface area contributed by atoms with Gasteiger partial charge in [-0.1, -0.05) is 6.92 Å². The number of rotatable bonds is 1. The fourth-order valence-electron chi connectivity index (χ4n) is 2.44. The first kappa shape index (κ1) is 7.14. The molecule has 1 heterocycles. The number of ether oxygens (including phenoxy) is 1. The predicted molar refractivity (Wildman–Crippen MR) is 41.0 cm³/mol. The maximum Gasteiger partial charge on any atom is 0.309 e. The minimum atomic E-state index is 0.0576. The Balaban J connectivity index is 2.13. The summed E-state index contributed by atoms with van der Waals surface area (Å²) in [4.78, 5) is 11.2. The zero-order valence-corrected chi connectivity index (χ0v) is 6.88. The lowest BCUT2D eigenvalue weighted by Crippen LogP contribution is -2.14. The molecule has 0 radical (unpaired) electrons. The van der Waals surface area contributed by atoms with Gasteiger partial charge in [0.1, 0.15) is 6.10 Å². The van der Waals surface area contributed by atoms with E-state index < -0.39 is 0 Å². The molecule has 2 rings (SSSR count). The summed E-state index contributed by atoms with van der Waals surface area (Å²) >= 11 is 0. The highest BCUT2D eigenvalue weighted by atomic mass is 16.6. The van der Waals surface area contributed by atoms with Crippen LogP contribution in [0.3, 0.4) is 0 Å². The summed E-state index contributed by atoms with van der Waals surface area (Å²) in [6.07, 6.45) is 4.80. The molecule has 2 fully saturated rings. The molecule has 11 heavy (non-hydrogen) atoms. The van der Waals surface area contributed by atoms with Crippen molar-refractivity contribution in [2.24, 2.45) is 11.8 Å². The maximum atomic E-state index is 11.2. The number of hydrogen-bond donors (Lipinski definition) is 0. The van der Waals surface area contributed by atoms with Crippen LogP contribution in [0.25, 0.3) is 0 Å². The second-order valence-electron chi connectivity index (χ2n) is 3.58. The van der Waals surface area contributed by atoms with Crippen molar-refractivity contribution in [2.75, 3.05) is 0 Å². The van der Waals surface area contributed by atoms with E-state index >= 15 is 0 Å². The van der Waals surface area contributed by atoms with Crippen LogP contribution in [0.4, 0.5) is 0 Å². The van der Waals surface area contributed by atoms with Crippen LogP contribution in [0.2, 0.25) is 0 Å². The molecular formula is C9H14O2. The molecular weight excluding hydrogens is 140 g/mol. The number of carbonyl (C=O) groups is 1. The van der Waals surface area contributed by atoms with Crippen LogP contribution in [0.5, 0.6) is 0 Å². The van der Waals surface area contributed by atoms with Gasteiger partial charge in [-0.2, -0.15) is 0 Å². The first-order valence-electron chi connectivity index (χ1n) is 4.53. The van der Waals surface area contributed by atoms with Gasteiger partial charge in [0.05, 0.1) is 5.92 Å². The van der Waals surface area contributed by atoms with Gasteiger partial charge < -0.3 is 4.74 Å². The summed E-state index contributed by atoms with van der Waals surface area (Å²) in [6, 6.07) is 0. The van der Waals surface area contributed by atoms with E-state index in [2.05, 4.69) is 6.92 Å². The molecule has 0 aromatic heterocycles. The van der Waals surface area contributed by atoms with Crippen molar-refractivity contribution in [2.45, 2.75) is 38.7 Å². The third-order valence-corrected chi connectivity index (χ3v) is 3.03. The SMILES string of the molecule is CC[C@H]1C(=O)O[C@H]2CCC[C@H]21. The maximum absolute atomic E-state index is 11.2. The second-order valence-corrected chi connectivity index (χ2v) is 3.58. The molecule has 1 saturated carbocycles. The van der Waals surface area contributed by atoms with Crippen LogP contribution in [0.15, 0.2) is 0 Å². The standard InChI is InChI=1S/C9H14O2/c1-2-6-7-4-3-5-8(7)11-9(6)10/h6-8H,2-5H2,1H3/t6-,7+,8+/m1/s1. The van der Waals surface area contributed by atoms with Gasteiger partial charge in [-0.05, 0) is 25.7 Å². The smallest absolute Gasteiger partial charge is 0.309 e. The highest BCUT2D eigenvalue weighted by Crippen LogP contribution is 2.41. The molecule has 62 valence electrons. The van der Waals surface area contributed by atoms with E-state index in [0.717, 1.165) is 12.8 Å². The largest absolute Gasteiger partial charge is 0.462 e. The van der Waals surface area contributed by atoms with Gasteiger partial charge >= 0.3 is 5.97 Å². The molecule has 1 aliphatic carbocycles. The Hall–Kier alpha value is -0.530. The molecule has 0 bridgehead atoms. The molecule has 1 saturated heterocycles. The zero-order valence-electron chi connectivity index (χ0n) is 6.88. The molecule has 3 atom stereocenters. The number of esters is 1. The van der Waals surface area contributed by atoms with Crippen molar-refractivity contribution >= 4 is 5.97 Å². The van der Waals surface area contributed by atoms with Crippen LogP contribution >= 0.6 is 0 Å². The topological polar surface area (TPSA) is 26.3 Å². The zero-order chi connectivity index (χ0) is 7.84. The van der Waals surface area contributed by atoms with Crippen LogP contribution in [0, 0.1) is 11.8 Å². The highest BCUT2D eigenvalue weighted by Gasteiger charge is 2.45. The minimum absolute atomic E-state index is 0.0576. The summed E-state index contributed by atoms with van der Waals surface area (Å²) in [5, 5.41) is 0. The monoisotopic (exact) mass is 154 g/mol. The van der Waals surface area contributed by atoms with Gasteiger partial charge in [-0.25, -0.2) is 0 Å². The molecule has 2 nitrogen and oxygen atoms in total. The average molecular weight is 154 g/mol. The second kappa shape index (κ2) is 2.50. The molecule has 0 spiro atoms. The highest BCUT2D eigenvalue weighted by molar-refractivity contribution is 5.75. The molecule has 0 amide bonds. The third-order valence-electron chi connectivity index (χ3n) is 3.03. The summed E-state index contributed by atoms with van der Waals surface area (Å²) < 4.78 is 5.25. The van der Waals surface area contributed by atoms with Gasteiger partial charge in [0.2, 0.25) is 0 Å². The molecule has 0 N–H and O–H groups in total. The fourth-order valence-corrected chi connectivity index (χ4v) is 2.44. The Morgan fingerprint density at radius 3 is 3.09 bits per heavy atom. The number of hydrogen-bond acceptors (Lipinski definition) is 2. The Morgan fingerprint density at radius 1 is 1.55 bits per heavy atom. The molecule has 1 aliphatic heterocycles. The van der Waals surface area contributed by atoms with E-state index in [-0.39, 0.29) is 18.0 Å². The van der Waals surface area contributed by atoms with E-state index in [1.165, 1.54) is 12.8 Å². The van der Waals surface area contributed by atoms with Gasteiger partial charge in [0, 0.05) is 5.92 Å². The van der Waals surface area contributed by atoms with Gasteiger partial charge in [0.15, 0.2) is 0 Å². The van der Waals surface area contributed by atoms with Crippen molar-refractivity contribution in [3.63, 3.8) is 0 Å². The van der Waals surface area contributed by atoms with Crippen molar-refractivity contribution < 1.29 is 9.53 Å². The third kappa shape index (κ3) is 0.959. The molecule has 0 aromatic rings. The molecule has 2 aliphatic rings. The lowest BCUT2D eigenvalue weighted by Gasteiger charge is -2.09. The first-order chi connectivity index (χ1) is 5.33. The Labute approximate surface area is 66.9 Å². The lowest BCUT2D eigenvalue weighted by atomic mass is 9.90. The Kier molecular flexibility index (Phi) is 1.63. The van der Waals surface area contributed by atoms with E-state index in [9.17, 15) is 4.79 Å². The lowest BCUT2D eigenvalue weighted by molar-refractivity contribution is -0.144. The molecule has 0 unspecified atom stereocenters. The van der Waals surface area contributed by atoms with Gasteiger partial charge in [0.25, 0.3) is 0 Å². The van der Waals surface area contributed by atoms with Crippen LogP contribution < -0.4 is 0 Å². The quantitative estimate of drug-likeness (QED) is 0.538. The van der Waals surface area contributed by atoms with Crippen molar-refractivity contribution in [3.8, 4) is 0 Å². The minimum Gasteiger partial charge on any atom is -0.462 e. The van der Waals surface area contributed by atoms with E-state index in [1.807, 2.05) is 0 Å². The summed E-state index contributed by atoms with van der Waals surface area (Å²) in [5.74, 6) is 0.845. The predicted octanol–water partition coefficient (Wildman–Crippen LogP) is 1.74. The van der Waals surface area contributed by atoms with E-state index in [1.54, 1.807) is 0 Å². The van der Waals surface area contributed by atoms with Crippen molar-refractivity contribution in [3.05, 3.63) is 0 Å². The Morgan fingerprint density at radius 2 is 2.36 bits per heavy atom. The van der Waals surface area contributed by atoms with Gasteiger partial charge in [-0.15, -0.1) is 0 Å². The van der Waals surface area contributed by atoms with Crippen LogP contribution in [-0.4, -0.2) is 12.1 Å². The summed E-state index contributed by atoms with van der Waals surface area (Å²) in [6.45, 7) is 2.08. The van der Waals surface area contributed by atoms with Gasteiger partial charge in [-0.3, -0.25) is 4.79 Å². The fraction of sp³-hybridized carbons (Fsp3) is 0.889. The molecule has 0 aromatic carbocycles. The molecule has 2 heteroatoms. The first-order valence-corrected chi connectivity index (χ1v) is 4.53. The van der Waals surface area contributed by atoms with Crippen LogP contribution in [0.1, 0.15) is 32.6 Å². The average Bonchev–Trinajstić information content (AvgIpc) is 2.46. The van der Waals surface area contributed by atoms with Crippen molar-refractivity contribution in [1.82, 2.24) is 0 Å². The van der Waals surface area contributed by atoms with E-state index in [4.69, 9.17) is 4.74 Å². The summed E-state index contributed by atoms with van der Waals surface area (Å²) in [5.41, 5.74) is 0. The number of carbonyl (C=O) groups excluding carboxylic acids is 1. The van der Waals surface area contributed by atoms with Crippen molar-refractivity contribution in [1.29, 1.82) is 0 Å². The normalized spacial score (nSPS) is 42.3. The Bertz CT molecular complexity index is 176. The summed E-state index contributed by atoms with van der Waals surface area (Å²) in [7, 11) is 0. The van der Waals surface area contributed by atoms with E-state index in [0.29, 0.717) is 5.92 Å². The van der Waals surface area contributed by atoms with Crippen LogP contribution in [-0.2, 0) is 9.53 Å².